The summed E-state index contributed by atoms with van der Waals surface area (Å²) in [6.07, 6.45) is 2.26. The topological polar surface area (TPSA) is 38.3 Å². The van der Waals surface area contributed by atoms with Gasteiger partial charge in [0.25, 0.3) is 0 Å². The lowest BCUT2D eigenvalue weighted by Crippen LogP contribution is -2.16. The van der Waals surface area contributed by atoms with Crippen LogP contribution in [0.25, 0.3) is 0 Å². The van der Waals surface area contributed by atoms with Gasteiger partial charge in [-0.15, -0.1) is 0 Å². The highest BCUT2D eigenvalue weighted by Gasteiger charge is 2.14. The summed E-state index contributed by atoms with van der Waals surface area (Å²) in [6, 6.07) is 2.72. The molecule has 0 aliphatic heterocycles. The van der Waals surface area contributed by atoms with Gasteiger partial charge in [-0.3, -0.25) is 4.79 Å². The van der Waals surface area contributed by atoms with Gasteiger partial charge >= 0.3 is 0 Å². The number of benzene rings is 1. The fourth-order valence-corrected chi connectivity index (χ4v) is 2.50. The molecule has 1 unspecified atom stereocenters. The molecule has 0 aliphatic carbocycles. The van der Waals surface area contributed by atoms with Crippen molar-refractivity contribution < 1.29 is 13.9 Å². The van der Waals surface area contributed by atoms with Crippen molar-refractivity contribution in [3.8, 4) is 0 Å². The largest absolute Gasteiger partial charge is 0.484 e. The van der Waals surface area contributed by atoms with Crippen molar-refractivity contribution in [1.82, 2.24) is 0 Å². The average molecular weight is 374 g/mol. The van der Waals surface area contributed by atoms with E-state index >= 15 is 0 Å². The fourth-order valence-electron chi connectivity index (χ4n) is 1.96. The van der Waals surface area contributed by atoms with Gasteiger partial charge in [-0.1, -0.05) is 32.4 Å². The van der Waals surface area contributed by atoms with Gasteiger partial charge in [0.05, 0.1) is 11.8 Å². The molecule has 0 bridgehead atoms. The maximum absolute atomic E-state index is 14.0. The summed E-state index contributed by atoms with van der Waals surface area (Å²) in [6.45, 7) is 8.00. The minimum Gasteiger partial charge on any atom is -0.484 e. The summed E-state index contributed by atoms with van der Waals surface area (Å²) >= 11 is 11.3. The number of carbonyl (C=O) groups excluding carboxylic acids is 1. The van der Waals surface area contributed by atoms with Crippen LogP contribution >= 0.6 is 23.8 Å². The number of hydrogen-bond acceptors (Lipinski definition) is 3. The number of amides is 1. The Morgan fingerprint density at radius 2 is 2.04 bits per heavy atom. The Hall–Kier alpha value is -1.20. The van der Waals surface area contributed by atoms with Crippen molar-refractivity contribution in [2.45, 2.75) is 59.5 Å². The first-order valence-electron chi connectivity index (χ1n) is 8.20. The third kappa shape index (κ3) is 7.14. The first-order chi connectivity index (χ1) is 11.2. The Labute approximate surface area is 153 Å². The molecule has 24 heavy (non-hydrogen) atoms. The molecule has 0 spiro atoms. The lowest BCUT2D eigenvalue weighted by atomic mass is 10.1. The normalized spacial score (nSPS) is 12.1. The number of hydrogen-bond donors (Lipinski definition) is 1. The summed E-state index contributed by atoms with van der Waals surface area (Å²) in [5.74, 6) is -0.360. The summed E-state index contributed by atoms with van der Waals surface area (Å²) in [5.41, 5.74) is 0.750. The third-order valence-electron chi connectivity index (χ3n) is 3.60. The first-order valence-corrected chi connectivity index (χ1v) is 8.98. The van der Waals surface area contributed by atoms with Crippen LogP contribution in [0.4, 0.5) is 10.1 Å². The molecule has 1 atom stereocenters. The highest BCUT2D eigenvalue weighted by Crippen LogP contribution is 2.26. The zero-order valence-corrected chi connectivity index (χ0v) is 16.2. The molecule has 1 aromatic rings. The molecule has 0 aliphatic rings. The molecule has 3 nitrogen and oxygen atoms in total. The number of carbonyl (C=O) groups is 1. The van der Waals surface area contributed by atoms with Gasteiger partial charge in [-0.2, -0.15) is 0 Å². The van der Waals surface area contributed by atoms with Crippen LogP contribution in [0.3, 0.4) is 0 Å². The number of halogens is 2. The van der Waals surface area contributed by atoms with Crippen molar-refractivity contribution in [2.24, 2.45) is 5.92 Å². The van der Waals surface area contributed by atoms with Gasteiger partial charge in [0.15, 0.2) is 5.05 Å². The predicted octanol–water partition coefficient (Wildman–Crippen LogP) is 5.54. The van der Waals surface area contributed by atoms with E-state index in [9.17, 15) is 9.18 Å². The molecule has 0 fully saturated rings. The molecule has 1 aromatic carbocycles. The number of rotatable bonds is 8. The second kappa shape index (κ2) is 9.94. The van der Waals surface area contributed by atoms with E-state index in [1.165, 1.54) is 12.1 Å². The smallest absolute Gasteiger partial charge is 0.224 e. The van der Waals surface area contributed by atoms with Crippen LogP contribution in [0.5, 0.6) is 0 Å². The molecule has 1 amide bonds. The van der Waals surface area contributed by atoms with Gasteiger partial charge < -0.3 is 10.1 Å². The van der Waals surface area contributed by atoms with Crippen LogP contribution in [-0.2, 0) is 16.0 Å². The minimum atomic E-state index is -0.560. The number of anilines is 1. The van der Waals surface area contributed by atoms with Crippen molar-refractivity contribution >= 4 is 40.5 Å². The van der Waals surface area contributed by atoms with Crippen LogP contribution in [0.1, 0.15) is 52.5 Å². The molecule has 1 rings (SSSR count). The number of ether oxygens (including phenoxy) is 1. The Morgan fingerprint density at radius 1 is 1.38 bits per heavy atom. The maximum Gasteiger partial charge on any atom is 0.224 e. The molecule has 0 saturated heterocycles. The zero-order chi connectivity index (χ0) is 18.3. The molecule has 0 saturated carbocycles. The maximum atomic E-state index is 14.0. The highest BCUT2D eigenvalue weighted by atomic mass is 35.5. The van der Waals surface area contributed by atoms with E-state index in [0.717, 1.165) is 12.8 Å². The van der Waals surface area contributed by atoms with Crippen LogP contribution in [0, 0.1) is 11.7 Å². The first kappa shape index (κ1) is 20.8. The molecule has 0 aromatic heterocycles. The van der Waals surface area contributed by atoms with Gasteiger partial charge in [-0.25, -0.2) is 4.39 Å². The SMILES string of the molecule is CCC(C)OC(=S)Cc1cc(NC(=O)CCC(C)C)c(F)cc1Cl. The van der Waals surface area contributed by atoms with E-state index in [1.54, 1.807) is 0 Å². The van der Waals surface area contributed by atoms with Crippen LogP contribution in [-0.4, -0.2) is 17.1 Å². The third-order valence-corrected chi connectivity index (χ3v) is 4.19. The van der Waals surface area contributed by atoms with E-state index in [4.69, 9.17) is 28.6 Å². The quantitative estimate of drug-likeness (QED) is 0.608. The van der Waals surface area contributed by atoms with E-state index in [-0.39, 0.29) is 22.7 Å². The van der Waals surface area contributed by atoms with Gasteiger partial charge in [0.1, 0.15) is 5.82 Å². The van der Waals surface area contributed by atoms with Crippen molar-refractivity contribution in [3.05, 3.63) is 28.5 Å². The second-order valence-electron chi connectivity index (χ2n) is 6.29. The van der Waals surface area contributed by atoms with E-state index in [0.29, 0.717) is 29.4 Å². The lowest BCUT2D eigenvalue weighted by molar-refractivity contribution is -0.116. The molecule has 134 valence electrons. The Balaban J connectivity index is 2.81. The number of thiocarbonyl (C=S) groups is 1. The second-order valence-corrected chi connectivity index (χ2v) is 7.15. The molecular weight excluding hydrogens is 349 g/mol. The fraction of sp³-hybridized carbons (Fsp3) is 0.556. The molecule has 1 N–H and O–H groups in total. The summed E-state index contributed by atoms with van der Waals surface area (Å²) in [5, 5.41) is 3.27. The average Bonchev–Trinajstić information content (AvgIpc) is 2.49. The van der Waals surface area contributed by atoms with Crippen molar-refractivity contribution in [1.29, 1.82) is 0 Å². The summed E-state index contributed by atoms with van der Waals surface area (Å²) in [4.78, 5) is 11.9. The Kier molecular flexibility index (Phi) is 8.63. The summed E-state index contributed by atoms with van der Waals surface area (Å²) in [7, 11) is 0. The minimum absolute atomic E-state index is 0.0203. The van der Waals surface area contributed by atoms with Crippen molar-refractivity contribution in [2.75, 3.05) is 5.32 Å². The Morgan fingerprint density at radius 3 is 2.62 bits per heavy atom. The van der Waals surface area contributed by atoms with Crippen LogP contribution < -0.4 is 5.32 Å². The Bertz CT molecular complexity index is 593. The molecule has 6 heteroatoms. The van der Waals surface area contributed by atoms with Gasteiger partial charge in [0.2, 0.25) is 5.91 Å². The van der Waals surface area contributed by atoms with Crippen LogP contribution in [0.15, 0.2) is 12.1 Å². The van der Waals surface area contributed by atoms with Crippen LogP contribution in [0.2, 0.25) is 5.02 Å². The lowest BCUT2D eigenvalue weighted by Gasteiger charge is -2.15. The zero-order valence-electron chi connectivity index (χ0n) is 14.6. The predicted molar refractivity (Wildman–Crippen MR) is 101 cm³/mol. The van der Waals surface area contributed by atoms with E-state index in [2.05, 4.69) is 5.32 Å². The van der Waals surface area contributed by atoms with E-state index < -0.39 is 5.82 Å². The highest BCUT2D eigenvalue weighted by molar-refractivity contribution is 7.80. The molecule has 0 radical (unpaired) electrons. The monoisotopic (exact) mass is 373 g/mol. The van der Waals surface area contributed by atoms with Crippen molar-refractivity contribution in [3.63, 3.8) is 0 Å². The molecular formula is C18H25ClFNO2S. The van der Waals surface area contributed by atoms with Gasteiger partial charge in [-0.05, 0) is 55.6 Å². The van der Waals surface area contributed by atoms with Gasteiger partial charge in [0, 0.05) is 17.9 Å². The number of nitrogens with one attached hydrogen (secondary N) is 1. The standard InChI is InChI=1S/C18H25ClFNO2S/c1-5-12(4)23-18(24)9-13-8-16(15(20)10-14(13)19)21-17(22)7-6-11(2)3/h8,10-12H,5-7,9H2,1-4H3,(H,21,22). The van der Waals surface area contributed by atoms with E-state index in [1.807, 2.05) is 27.7 Å². The summed E-state index contributed by atoms with van der Waals surface area (Å²) < 4.78 is 19.6. The molecule has 0 heterocycles.